The van der Waals surface area contributed by atoms with Crippen LogP contribution in [-0.2, 0) is 0 Å². The second-order valence-corrected chi connectivity index (χ2v) is 4.01. The Morgan fingerprint density at radius 3 is 2.74 bits per heavy atom. The van der Waals surface area contributed by atoms with Crippen LogP contribution in [0.3, 0.4) is 0 Å². The minimum atomic E-state index is -0.199. The lowest BCUT2D eigenvalue weighted by atomic mass is 10.1. The summed E-state index contributed by atoms with van der Waals surface area (Å²) in [5.74, 6) is 0.828. The number of rotatable bonds is 3. The quantitative estimate of drug-likeness (QED) is 0.853. The van der Waals surface area contributed by atoms with Crippen LogP contribution in [0.4, 0.5) is 11.5 Å². The van der Waals surface area contributed by atoms with Gasteiger partial charge in [0.05, 0.1) is 12.7 Å². The molecule has 0 fully saturated rings. The molecule has 0 saturated heterocycles. The number of hydrogen-bond acceptors (Lipinski definition) is 4. The van der Waals surface area contributed by atoms with Gasteiger partial charge in [0.2, 0.25) is 0 Å². The molecule has 0 spiro atoms. The predicted octanol–water partition coefficient (Wildman–Crippen LogP) is 1.95. The Hall–Kier alpha value is -2.56. The summed E-state index contributed by atoms with van der Waals surface area (Å²) in [4.78, 5) is 18.0. The third kappa shape index (κ3) is 2.65. The van der Waals surface area contributed by atoms with Gasteiger partial charge in [-0.2, -0.15) is 0 Å². The maximum absolute atomic E-state index is 12.4. The van der Waals surface area contributed by atoms with Crippen molar-refractivity contribution in [2.45, 2.75) is 0 Å². The monoisotopic (exact) mass is 257 g/mol. The zero-order valence-corrected chi connectivity index (χ0v) is 10.8. The van der Waals surface area contributed by atoms with Gasteiger partial charge in [-0.1, -0.05) is 6.07 Å². The van der Waals surface area contributed by atoms with E-state index in [1.165, 1.54) is 12.0 Å². The van der Waals surface area contributed by atoms with E-state index < -0.39 is 0 Å². The Labute approximate surface area is 111 Å². The van der Waals surface area contributed by atoms with Crippen molar-refractivity contribution >= 4 is 17.4 Å². The fourth-order valence-electron chi connectivity index (χ4n) is 1.72. The van der Waals surface area contributed by atoms with E-state index in [9.17, 15) is 4.79 Å². The number of anilines is 2. The molecule has 1 amide bonds. The standard InChI is InChI=1S/C14H15N3O2/c1-17(13-5-3-4-8-16-13)14(18)11-7-6-10(15)9-12(11)19-2/h3-9H,15H2,1-2H3. The van der Waals surface area contributed by atoms with Gasteiger partial charge >= 0.3 is 0 Å². The van der Waals surface area contributed by atoms with Gasteiger partial charge in [-0.05, 0) is 24.3 Å². The van der Waals surface area contributed by atoms with E-state index >= 15 is 0 Å². The fraction of sp³-hybridized carbons (Fsp3) is 0.143. The summed E-state index contributed by atoms with van der Waals surface area (Å²) in [7, 11) is 3.17. The minimum Gasteiger partial charge on any atom is -0.496 e. The predicted molar refractivity (Wildman–Crippen MR) is 74.4 cm³/mol. The molecule has 98 valence electrons. The van der Waals surface area contributed by atoms with E-state index in [2.05, 4.69) is 4.98 Å². The molecule has 1 aromatic heterocycles. The smallest absolute Gasteiger partial charge is 0.262 e. The molecule has 2 aromatic rings. The van der Waals surface area contributed by atoms with Gasteiger partial charge in [-0.25, -0.2) is 4.98 Å². The van der Waals surface area contributed by atoms with Crippen LogP contribution in [-0.4, -0.2) is 25.0 Å². The summed E-state index contributed by atoms with van der Waals surface area (Å²) >= 11 is 0. The van der Waals surface area contributed by atoms with Crippen LogP contribution in [0.1, 0.15) is 10.4 Å². The lowest BCUT2D eigenvalue weighted by molar-refractivity contribution is 0.0989. The van der Waals surface area contributed by atoms with Crippen LogP contribution < -0.4 is 15.4 Å². The molecule has 5 heteroatoms. The minimum absolute atomic E-state index is 0.199. The largest absolute Gasteiger partial charge is 0.496 e. The van der Waals surface area contributed by atoms with Crippen LogP contribution in [0, 0.1) is 0 Å². The molecular formula is C14H15N3O2. The molecule has 0 aliphatic heterocycles. The van der Waals surface area contributed by atoms with Crippen LogP contribution in [0.15, 0.2) is 42.6 Å². The van der Waals surface area contributed by atoms with Gasteiger partial charge in [0.15, 0.2) is 0 Å². The number of carbonyl (C=O) groups is 1. The van der Waals surface area contributed by atoms with Gasteiger partial charge in [-0.3, -0.25) is 9.69 Å². The Balaban J connectivity index is 2.34. The summed E-state index contributed by atoms with van der Waals surface area (Å²) in [6.07, 6.45) is 1.64. The topological polar surface area (TPSA) is 68.5 Å². The average Bonchev–Trinajstić information content (AvgIpc) is 2.46. The van der Waals surface area contributed by atoms with Crippen LogP contribution in [0.25, 0.3) is 0 Å². The van der Waals surface area contributed by atoms with E-state index in [4.69, 9.17) is 10.5 Å². The van der Waals surface area contributed by atoms with Crippen molar-refractivity contribution in [3.63, 3.8) is 0 Å². The zero-order chi connectivity index (χ0) is 13.8. The molecule has 0 unspecified atom stereocenters. The number of nitrogens with two attached hydrogens (primary N) is 1. The second-order valence-electron chi connectivity index (χ2n) is 4.01. The lowest BCUT2D eigenvalue weighted by Gasteiger charge is -2.17. The maximum Gasteiger partial charge on any atom is 0.262 e. The molecule has 0 aliphatic rings. The van der Waals surface area contributed by atoms with Crippen LogP contribution in [0.5, 0.6) is 5.75 Å². The SMILES string of the molecule is COc1cc(N)ccc1C(=O)N(C)c1ccccn1. The normalized spacial score (nSPS) is 10.0. The number of nitrogens with zero attached hydrogens (tertiary/aromatic N) is 2. The highest BCUT2D eigenvalue weighted by atomic mass is 16.5. The van der Waals surface area contributed by atoms with Crippen molar-refractivity contribution < 1.29 is 9.53 Å². The highest BCUT2D eigenvalue weighted by Crippen LogP contribution is 2.24. The van der Waals surface area contributed by atoms with Crippen molar-refractivity contribution in [2.24, 2.45) is 0 Å². The number of methoxy groups -OCH3 is 1. The second kappa shape index (κ2) is 5.39. The summed E-state index contributed by atoms with van der Waals surface area (Å²) in [6, 6.07) is 10.3. The Bertz CT molecular complexity index is 584. The van der Waals surface area contributed by atoms with Gasteiger partial charge in [0.1, 0.15) is 11.6 Å². The third-order valence-electron chi connectivity index (χ3n) is 2.75. The molecule has 2 rings (SSSR count). The van der Waals surface area contributed by atoms with Crippen molar-refractivity contribution in [1.29, 1.82) is 0 Å². The Kier molecular flexibility index (Phi) is 3.66. The first-order valence-electron chi connectivity index (χ1n) is 5.76. The first-order chi connectivity index (χ1) is 9.13. The molecule has 5 nitrogen and oxygen atoms in total. The third-order valence-corrected chi connectivity index (χ3v) is 2.75. The zero-order valence-electron chi connectivity index (χ0n) is 10.8. The van der Waals surface area contributed by atoms with E-state index in [0.29, 0.717) is 22.8 Å². The van der Waals surface area contributed by atoms with E-state index in [1.54, 1.807) is 43.6 Å². The molecule has 19 heavy (non-hydrogen) atoms. The van der Waals surface area contributed by atoms with Crippen molar-refractivity contribution in [3.8, 4) is 5.75 Å². The summed E-state index contributed by atoms with van der Waals surface area (Å²) in [5, 5.41) is 0. The number of pyridine rings is 1. The maximum atomic E-state index is 12.4. The van der Waals surface area contributed by atoms with E-state index in [1.807, 2.05) is 6.07 Å². The summed E-state index contributed by atoms with van der Waals surface area (Å²) in [6.45, 7) is 0. The number of benzene rings is 1. The molecular weight excluding hydrogens is 242 g/mol. The number of hydrogen-bond donors (Lipinski definition) is 1. The van der Waals surface area contributed by atoms with Crippen LogP contribution >= 0.6 is 0 Å². The first-order valence-corrected chi connectivity index (χ1v) is 5.76. The van der Waals surface area contributed by atoms with Gasteiger partial charge in [0.25, 0.3) is 5.91 Å². The first kappa shape index (κ1) is 12.9. The molecule has 0 saturated carbocycles. The van der Waals surface area contributed by atoms with Gasteiger partial charge < -0.3 is 10.5 Å². The van der Waals surface area contributed by atoms with Gasteiger partial charge in [-0.15, -0.1) is 0 Å². The molecule has 0 bridgehead atoms. The van der Waals surface area contributed by atoms with E-state index in [0.717, 1.165) is 0 Å². The highest BCUT2D eigenvalue weighted by Gasteiger charge is 2.18. The molecule has 0 radical (unpaired) electrons. The summed E-state index contributed by atoms with van der Waals surface area (Å²) < 4.78 is 5.19. The van der Waals surface area contributed by atoms with Crippen molar-refractivity contribution in [1.82, 2.24) is 4.98 Å². The van der Waals surface area contributed by atoms with Crippen molar-refractivity contribution in [3.05, 3.63) is 48.2 Å². The molecule has 0 aliphatic carbocycles. The molecule has 1 aromatic carbocycles. The number of carbonyl (C=O) groups excluding carboxylic acids is 1. The molecule has 0 atom stereocenters. The molecule has 2 N–H and O–H groups in total. The Morgan fingerprint density at radius 1 is 1.32 bits per heavy atom. The highest BCUT2D eigenvalue weighted by molar-refractivity contribution is 6.07. The number of aromatic nitrogens is 1. The molecule has 1 heterocycles. The lowest BCUT2D eigenvalue weighted by Crippen LogP contribution is -2.27. The van der Waals surface area contributed by atoms with Crippen LogP contribution in [0.2, 0.25) is 0 Å². The van der Waals surface area contributed by atoms with Crippen molar-refractivity contribution in [2.75, 3.05) is 24.8 Å². The number of amides is 1. The number of nitrogen functional groups attached to an aromatic ring is 1. The average molecular weight is 257 g/mol. The summed E-state index contributed by atoms with van der Waals surface area (Å²) in [5.41, 5.74) is 6.67. The van der Waals surface area contributed by atoms with E-state index in [-0.39, 0.29) is 5.91 Å². The Morgan fingerprint density at radius 2 is 2.11 bits per heavy atom. The fourth-order valence-corrected chi connectivity index (χ4v) is 1.72. The number of ether oxygens (including phenoxy) is 1. The van der Waals surface area contributed by atoms with Gasteiger partial charge in [0, 0.05) is 25.0 Å².